The van der Waals surface area contributed by atoms with Gasteiger partial charge in [0.05, 0.1) is 0 Å². The van der Waals surface area contributed by atoms with Crippen molar-refractivity contribution in [3.05, 3.63) is 0 Å². The minimum absolute atomic E-state index is 0.818. The molecule has 3 fully saturated rings. The molecule has 17 heavy (non-hydrogen) atoms. The van der Waals surface area contributed by atoms with Crippen LogP contribution in [0.2, 0.25) is 0 Å². The van der Waals surface area contributed by atoms with E-state index in [2.05, 4.69) is 19.2 Å². The van der Waals surface area contributed by atoms with Gasteiger partial charge in [-0.15, -0.1) is 0 Å². The standard InChI is InChI=1S/C16H29N/c1-11-3-4-12(2)16(9-11)17-10-15(13-5-6-13)14-7-8-14/h11-17H,3-10H2,1-2H3. The molecule has 0 bridgehead atoms. The Morgan fingerprint density at radius 3 is 2.18 bits per heavy atom. The lowest BCUT2D eigenvalue weighted by atomic mass is 9.80. The van der Waals surface area contributed by atoms with Gasteiger partial charge in [0.15, 0.2) is 0 Å². The number of nitrogens with one attached hydrogen (secondary N) is 1. The van der Waals surface area contributed by atoms with Gasteiger partial charge in [0.2, 0.25) is 0 Å². The maximum absolute atomic E-state index is 3.94. The van der Waals surface area contributed by atoms with Crippen molar-refractivity contribution >= 4 is 0 Å². The Kier molecular flexibility index (Phi) is 3.47. The van der Waals surface area contributed by atoms with Crippen molar-refractivity contribution in [2.45, 2.75) is 64.8 Å². The van der Waals surface area contributed by atoms with Crippen LogP contribution in [-0.2, 0) is 0 Å². The van der Waals surface area contributed by atoms with E-state index in [0.29, 0.717) is 0 Å². The summed E-state index contributed by atoms with van der Waals surface area (Å²) in [7, 11) is 0. The second-order valence-electron chi connectivity index (χ2n) is 7.25. The van der Waals surface area contributed by atoms with Gasteiger partial charge in [-0.3, -0.25) is 0 Å². The molecule has 3 atom stereocenters. The van der Waals surface area contributed by atoms with Crippen molar-refractivity contribution in [1.29, 1.82) is 0 Å². The van der Waals surface area contributed by atoms with E-state index in [0.717, 1.165) is 35.6 Å². The summed E-state index contributed by atoms with van der Waals surface area (Å²) in [6.45, 7) is 6.21. The van der Waals surface area contributed by atoms with Gasteiger partial charge in [0, 0.05) is 6.04 Å². The predicted octanol–water partition coefficient (Wildman–Crippen LogP) is 3.84. The summed E-state index contributed by atoms with van der Waals surface area (Å²) < 4.78 is 0. The molecule has 1 nitrogen and oxygen atoms in total. The first kappa shape index (κ1) is 12.0. The molecule has 0 aliphatic heterocycles. The molecule has 0 aromatic heterocycles. The van der Waals surface area contributed by atoms with Gasteiger partial charge in [-0.1, -0.05) is 20.3 Å². The summed E-state index contributed by atoms with van der Waals surface area (Å²) >= 11 is 0. The van der Waals surface area contributed by atoms with E-state index in [-0.39, 0.29) is 0 Å². The molecule has 3 aliphatic carbocycles. The highest BCUT2D eigenvalue weighted by molar-refractivity contribution is 4.93. The van der Waals surface area contributed by atoms with E-state index in [1.165, 1.54) is 51.5 Å². The van der Waals surface area contributed by atoms with Gasteiger partial charge in [0.1, 0.15) is 0 Å². The largest absolute Gasteiger partial charge is 0.313 e. The molecule has 0 spiro atoms. The summed E-state index contributed by atoms with van der Waals surface area (Å²) in [5.74, 6) is 5.10. The Morgan fingerprint density at radius 1 is 0.941 bits per heavy atom. The molecule has 3 aliphatic rings. The zero-order valence-electron chi connectivity index (χ0n) is 11.6. The summed E-state index contributed by atoms with van der Waals surface area (Å²) in [6, 6.07) is 0.818. The zero-order valence-corrected chi connectivity index (χ0v) is 11.6. The van der Waals surface area contributed by atoms with E-state index < -0.39 is 0 Å². The van der Waals surface area contributed by atoms with Gasteiger partial charge in [0.25, 0.3) is 0 Å². The lowest BCUT2D eigenvalue weighted by Crippen LogP contribution is -2.42. The van der Waals surface area contributed by atoms with E-state index >= 15 is 0 Å². The molecule has 3 rings (SSSR count). The molecule has 1 heteroatoms. The van der Waals surface area contributed by atoms with Crippen LogP contribution in [0.3, 0.4) is 0 Å². The number of rotatable bonds is 5. The molecular formula is C16H29N. The first-order valence-electron chi connectivity index (χ1n) is 7.97. The molecule has 0 saturated heterocycles. The second kappa shape index (κ2) is 4.91. The van der Waals surface area contributed by atoms with E-state index in [1.807, 2.05) is 0 Å². The summed E-state index contributed by atoms with van der Waals surface area (Å²) in [4.78, 5) is 0. The minimum atomic E-state index is 0.818. The average molecular weight is 235 g/mol. The SMILES string of the molecule is CC1CCC(C)C(NCC(C2CC2)C2CC2)C1. The molecular weight excluding hydrogens is 206 g/mol. The maximum Gasteiger partial charge on any atom is 0.00953 e. The molecule has 1 N–H and O–H groups in total. The first-order chi connectivity index (χ1) is 8.24. The molecule has 0 aromatic carbocycles. The molecule has 0 aromatic rings. The highest BCUT2D eigenvalue weighted by Crippen LogP contribution is 2.49. The molecule has 3 saturated carbocycles. The highest BCUT2D eigenvalue weighted by atomic mass is 14.9. The third-order valence-electron chi connectivity index (χ3n) is 5.53. The lowest BCUT2D eigenvalue weighted by molar-refractivity contribution is 0.213. The molecule has 98 valence electrons. The van der Waals surface area contributed by atoms with Crippen LogP contribution in [0.4, 0.5) is 0 Å². The normalized spacial score (nSPS) is 38.6. The van der Waals surface area contributed by atoms with Crippen molar-refractivity contribution in [3.8, 4) is 0 Å². The Balaban J connectivity index is 1.48. The summed E-state index contributed by atoms with van der Waals surface area (Å²) in [5.41, 5.74) is 0. The van der Waals surface area contributed by atoms with Crippen LogP contribution < -0.4 is 5.32 Å². The molecule has 3 unspecified atom stereocenters. The third-order valence-corrected chi connectivity index (χ3v) is 5.53. The molecule has 0 amide bonds. The lowest BCUT2D eigenvalue weighted by Gasteiger charge is -2.34. The molecule has 0 radical (unpaired) electrons. The third kappa shape index (κ3) is 3.05. The molecule has 0 heterocycles. The average Bonchev–Trinajstić information content (AvgIpc) is 3.14. The van der Waals surface area contributed by atoms with Gasteiger partial charge in [-0.25, -0.2) is 0 Å². The second-order valence-corrected chi connectivity index (χ2v) is 7.25. The number of hydrogen-bond acceptors (Lipinski definition) is 1. The quantitative estimate of drug-likeness (QED) is 0.763. The fourth-order valence-corrected chi connectivity index (χ4v) is 3.87. The van der Waals surface area contributed by atoms with Crippen molar-refractivity contribution in [2.24, 2.45) is 29.6 Å². The van der Waals surface area contributed by atoms with Crippen LogP contribution in [0.1, 0.15) is 58.8 Å². The fourth-order valence-electron chi connectivity index (χ4n) is 3.87. The van der Waals surface area contributed by atoms with Crippen LogP contribution in [0.5, 0.6) is 0 Å². The van der Waals surface area contributed by atoms with Crippen LogP contribution >= 0.6 is 0 Å². The Hall–Kier alpha value is -0.0400. The van der Waals surface area contributed by atoms with Crippen LogP contribution in [-0.4, -0.2) is 12.6 Å². The smallest absolute Gasteiger partial charge is 0.00953 e. The van der Waals surface area contributed by atoms with E-state index in [1.54, 1.807) is 0 Å². The van der Waals surface area contributed by atoms with Crippen molar-refractivity contribution in [2.75, 3.05) is 6.54 Å². The van der Waals surface area contributed by atoms with Crippen molar-refractivity contribution in [1.82, 2.24) is 5.32 Å². The van der Waals surface area contributed by atoms with Crippen molar-refractivity contribution < 1.29 is 0 Å². The Morgan fingerprint density at radius 2 is 1.59 bits per heavy atom. The van der Waals surface area contributed by atoms with Crippen molar-refractivity contribution in [3.63, 3.8) is 0 Å². The van der Waals surface area contributed by atoms with E-state index in [9.17, 15) is 0 Å². The van der Waals surface area contributed by atoms with Gasteiger partial charge < -0.3 is 5.32 Å². The first-order valence-corrected chi connectivity index (χ1v) is 7.97. The summed E-state index contributed by atoms with van der Waals surface area (Å²) in [5, 5.41) is 3.94. The van der Waals surface area contributed by atoms with Gasteiger partial charge in [-0.05, 0) is 74.7 Å². The fraction of sp³-hybridized carbons (Fsp3) is 1.00. The predicted molar refractivity (Wildman–Crippen MR) is 72.9 cm³/mol. The number of hydrogen-bond donors (Lipinski definition) is 1. The highest BCUT2D eigenvalue weighted by Gasteiger charge is 2.41. The zero-order chi connectivity index (χ0) is 11.8. The van der Waals surface area contributed by atoms with Crippen LogP contribution in [0.25, 0.3) is 0 Å². The Labute approximate surface area is 107 Å². The maximum atomic E-state index is 3.94. The van der Waals surface area contributed by atoms with Crippen LogP contribution in [0.15, 0.2) is 0 Å². The summed E-state index contributed by atoms with van der Waals surface area (Å²) in [6.07, 6.45) is 10.4. The topological polar surface area (TPSA) is 12.0 Å². The Bertz CT molecular complexity index is 242. The van der Waals surface area contributed by atoms with Crippen LogP contribution in [0, 0.1) is 29.6 Å². The van der Waals surface area contributed by atoms with Gasteiger partial charge >= 0.3 is 0 Å². The van der Waals surface area contributed by atoms with E-state index in [4.69, 9.17) is 0 Å². The minimum Gasteiger partial charge on any atom is -0.313 e. The van der Waals surface area contributed by atoms with Gasteiger partial charge in [-0.2, -0.15) is 0 Å². The monoisotopic (exact) mass is 235 g/mol.